The van der Waals surface area contributed by atoms with E-state index in [4.69, 9.17) is 9.47 Å². The molecule has 9 heteroatoms. The van der Waals surface area contributed by atoms with Gasteiger partial charge in [0.25, 0.3) is 0 Å². The van der Waals surface area contributed by atoms with E-state index < -0.39 is 47.5 Å². The topological polar surface area (TPSA) is 35.5 Å². The van der Waals surface area contributed by atoms with Gasteiger partial charge in [-0.15, -0.1) is 0 Å². The molecule has 2 aromatic rings. The first-order chi connectivity index (χ1) is 13.1. The van der Waals surface area contributed by atoms with Gasteiger partial charge in [-0.1, -0.05) is 24.3 Å². The Labute approximate surface area is 155 Å². The van der Waals surface area contributed by atoms with Gasteiger partial charge in [0.15, 0.2) is 12.1 Å². The summed E-state index contributed by atoms with van der Waals surface area (Å²) in [6.45, 7) is 0.686. The maximum Gasteiger partial charge on any atom is 0.416 e. The molecular formula is C19H14F6O3. The van der Waals surface area contributed by atoms with Crippen LogP contribution in [0.1, 0.15) is 38.9 Å². The van der Waals surface area contributed by atoms with Gasteiger partial charge in [-0.3, -0.25) is 4.79 Å². The molecule has 3 nitrogen and oxygen atoms in total. The number of carbonyl (C=O) groups excluding carboxylic acids is 1. The summed E-state index contributed by atoms with van der Waals surface area (Å²) >= 11 is 0. The van der Waals surface area contributed by atoms with Gasteiger partial charge in [0.2, 0.25) is 0 Å². The lowest BCUT2D eigenvalue weighted by molar-refractivity contribution is -0.143. The largest absolute Gasteiger partial charge is 0.416 e. The number of hydrogen-bond acceptors (Lipinski definition) is 3. The molecule has 0 aliphatic carbocycles. The molecule has 0 atom stereocenters. The number of hydrogen-bond donors (Lipinski definition) is 0. The predicted octanol–water partition coefficient (Wildman–Crippen LogP) is 5.20. The van der Waals surface area contributed by atoms with Crippen LogP contribution in [0.25, 0.3) is 0 Å². The minimum Gasteiger partial charge on any atom is -0.346 e. The third kappa shape index (κ3) is 4.53. The van der Waals surface area contributed by atoms with E-state index in [1.165, 1.54) is 0 Å². The Kier molecular flexibility index (Phi) is 5.49. The number of benzene rings is 2. The highest BCUT2D eigenvalue weighted by Crippen LogP contribution is 2.36. The van der Waals surface area contributed by atoms with E-state index in [1.54, 1.807) is 24.3 Å². The number of rotatable bonds is 4. The molecule has 150 valence electrons. The molecule has 1 fully saturated rings. The van der Waals surface area contributed by atoms with Crippen LogP contribution in [-0.4, -0.2) is 19.0 Å². The molecule has 0 amide bonds. The fraction of sp³-hybridized carbons (Fsp3) is 0.316. The second-order valence-electron chi connectivity index (χ2n) is 6.17. The lowest BCUT2D eigenvalue weighted by Crippen LogP contribution is -2.15. The van der Waals surface area contributed by atoms with Crippen molar-refractivity contribution in [3.8, 4) is 0 Å². The molecule has 1 heterocycles. The predicted molar refractivity (Wildman–Crippen MR) is 85.6 cm³/mol. The monoisotopic (exact) mass is 404 g/mol. The molecule has 1 aliphatic rings. The summed E-state index contributed by atoms with van der Waals surface area (Å²) in [6.07, 6.45) is -11.1. The number of alkyl halides is 6. The molecule has 0 spiro atoms. The Bertz CT molecular complexity index is 834. The van der Waals surface area contributed by atoms with Crippen LogP contribution in [0.5, 0.6) is 0 Å². The third-order valence-corrected chi connectivity index (χ3v) is 4.19. The average Bonchev–Trinajstić information content (AvgIpc) is 3.14. The molecule has 0 saturated carbocycles. The number of Topliss-reactive ketones (excluding diaryl/α,β-unsaturated/α-hetero) is 1. The summed E-state index contributed by atoms with van der Waals surface area (Å²) in [6, 6.07) is 7.31. The van der Waals surface area contributed by atoms with Crippen molar-refractivity contribution in [2.24, 2.45) is 0 Å². The van der Waals surface area contributed by atoms with Crippen LogP contribution in [0.15, 0.2) is 42.5 Å². The van der Waals surface area contributed by atoms with Crippen LogP contribution in [0.4, 0.5) is 26.3 Å². The van der Waals surface area contributed by atoms with E-state index in [0.717, 1.165) is 0 Å². The third-order valence-electron chi connectivity index (χ3n) is 4.19. The lowest BCUT2D eigenvalue weighted by Gasteiger charge is -2.16. The van der Waals surface area contributed by atoms with Gasteiger partial charge in [0, 0.05) is 17.5 Å². The van der Waals surface area contributed by atoms with Gasteiger partial charge in [-0.25, -0.2) is 0 Å². The summed E-state index contributed by atoms with van der Waals surface area (Å²) in [5, 5.41) is 0. The van der Waals surface area contributed by atoms with Crippen LogP contribution in [0.2, 0.25) is 0 Å². The Morgan fingerprint density at radius 2 is 1.43 bits per heavy atom. The molecule has 3 rings (SSSR count). The minimum atomic E-state index is -5.01. The molecule has 0 N–H and O–H groups in total. The maximum absolute atomic E-state index is 13.0. The number of ether oxygens (including phenoxy) is 2. The van der Waals surface area contributed by atoms with E-state index in [0.29, 0.717) is 36.5 Å². The van der Waals surface area contributed by atoms with Crippen molar-refractivity contribution >= 4 is 5.78 Å². The highest BCUT2D eigenvalue weighted by Gasteiger charge is 2.37. The van der Waals surface area contributed by atoms with Crippen molar-refractivity contribution in [2.75, 3.05) is 13.2 Å². The van der Waals surface area contributed by atoms with E-state index >= 15 is 0 Å². The molecule has 0 radical (unpaired) electrons. The normalized spacial score (nSPS) is 15.8. The Morgan fingerprint density at radius 1 is 0.893 bits per heavy atom. The summed E-state index contributed by atoms with van der Waals surface area (Å²) in [5.41, 5.74) is -2.80. The first-order valence-electron chi connectivity index (χ1n) is 8.19. The Morgan fingerprint density at radius 3 is 1.96 bits per heavy atom. The molecule has 0 unspecified atom stereocenters. The van der Waals surface area contributed by atoms with Gasteiger partial charge in [-0.05, 0) is 23.8 Å². The second kappa shape index (κ2) is 7.56. The molecule has 1 aliphatic heterocycles. The van der Waals surface area contributed by atoms with Crippen LogP contribution < -0.4 is 0 Å². The lowest BCUT2D eigenvalue weighted by atomic mass is 9.95. The number of halogens is 6. The van der Waals surface area contributed by atoms with Crippen LogP contribution >= 0.6 is 0 Å². The van der Waals surface area contributed by atoms with E-state index in [2.05, 4.69) is 0 Å². The SMILES string of the molecule is O=C(Cc1ccccc1C1OCCO1)c1cc(C(F)(F)F)cc(C(F)(F)F)c1. The zero-order valence-electron chi connectivity index (χ0n) is 14.2. The van der Waals surface area contributed by atoms with E-state index in [-0.39, 0.29) is 6.07 Å². The highest BCUT2D eigenvalue weighted by molar-refractivity contribution is 5.98. The summed E-state index contributed by atoms with van der Waals surface area (Å²) in [7, 11) is 0. The Hall–Kier alpha value is -2.39. The van der Waals surface area contributed by atoms with Crippen molar-refractivity contribution in [3.05, 3.63) is 70.3 Å². The molecule has 0 aromatic heterocycles. The van der Waals surface area contributed by atoms with Crippen molar-refractivity contribution in [3.63, 3.8) is 0 Å². The summed E-state index contributed by atoms with van der Waals surface area (Å²) in [5.74, 6) is -0.873. The first-order valence-corrected chi connectivity index (χ1v) is 8.19. The maximum atomic E-state index is 13.0. The van der Waals surface area contributed by atoms with Crippen LogP contribution in [-0.2, 0) is 28.2 Å². The number of carbonyl (C=O) groups is 1. The fourth-order valence-electron chi connectivity index (χ4n) is 2.85. The summed E-state index contributed by atoms with van der Waals surface area (Å²) < 4.78 is 88.6. The number of ketones is 1. The van der Waals surface area contributed by atoms with Crippen LogP contribution in [0, 0.1) is 0 Å². The van der Waals surface area contributed by atoms with Crippen LogP contribution in [0.3, 0.4) is 0 Å². The van der Waals surface area contributed by atoms with Crippen molar-refractivity contribution in [1.82, 2.24) is 0 Å². The molecular weight excluding hydrogens is 390 g/mol. The Balaban J connectivity index is 1.95. The van der Waals surface area contributed by atoms with Gasteiger partial charge < -0.3 is 9.47 Å². The van der Waals surface area contributed by atoms with Gasteiger partial charge >= 0.3 is 12.4 Å². The smallest absolute Gasteiger partial charge is 0.346 e. The zero-order chi connectivity index (χ0) is 20.5. The quantitative estimate of drug-likeness (QED) is 0.520. The first kappa shape index (κ1) is 20.3. The summed E-state index contributed by atoms with van der Waals surface area (Å²) in [4.78, 5) is 12.5. The van der Waals surface area contributed by atoms with Gasteiger partial charge in [0.05, 0.1) is 24.3 Å². The average molecular weight is 404 g/mol. The molecule has 1 saturated heterocycles. The zero-order valence-corrected chi connectivity index (χ0v) is 14.2. The fourth-order valence-corrected chi connectivity index (χ4v) is 2.85. The second-order valence-corrected chi connectivity index (χ2v) is 6.17. The van der Waals surface area contributed by atoms with Crippen molar-refractivity contribution < 1.29 is 40.6 Å². The van der Waals surface area contributed by atoms with E-state index in [9.17, 15) is 31.1 Å². The molecule has 0 bridgehead atoms. The van der Waals surface area contributed by atoms with Gasteiger partial charge in [-0.2, -0.15) is 26.3 Å². The molecule has 28 heavy (non-hydrogen) atoms. The van der Waals surface area contributed by atoms with E-state index in [1.807, 2.05) is 0 Å². The highest BCUT2D eigenvalue weighted by atomic mass is 19.4. The minimum absolute atomic E-state index is 0.00899. The van der Waals surface area contributed by atoms with Crippen molar-refractivity contribution in [2.45, 2.75) is 25.1 Å². The standard InChI is InChI=1S/C19H14F6O3/c20-18(21,22)13-7-12(8-14(10-13)19(23,24)25)16(26)9-11-3-1-2-4-15(11)17-27-5-6-28-17/h1-4,7-8,10,17H,5-6,9H2. The van der Waals surface area contributed by atoms with Gasteiger partial charge in [0.1, 0.15) is 0 Å². The molecule has 2 aromatic carbocycles. The van der Waals surface area contributed by atoms with Crippen molar-refractivity contribution in [1.29, 1.82) is 0 Å².